The van der Waals surface area contributed by atoms with Gasteiger partial charge in [0.25, 0.3) is 0 Å². The summed E-state index contributed by atoms with van der Waals surface area (Å²) in [5.74, 6) is -2.60. The number of carboxylic acids is 2. The van der Waals surface area contributed by atoms with Crippen LogP contribution in [0.25, 0.3) is 0 Å². The van der Waals surface area contributed by atoms with Crippen molar-refractivity contribution >= 4 is 17.8 Å². The van der Waals surface area contributed by atoms with Gasteiger partial charge in [-0.3, -0.25) is 9.59 Å². The lowest BCUT2D eigenvalue weighted by atomic mass is 10.1. The number of hydrogen-bond acceptors (Lipinski definition) is 3. The Hall–Kier alpha value is -1.59. The van der Waals surface area contributed by atoms with Crippen LogP contribution in [0.4, 0.5) is 0 Å². The molecule has 0 rings (SSSR count). The Kier molecular flexibility index (Phi) is 8.61. The zero-order chi connectivity index (χ0) is 14.0. The van der Waals surface area contributed by atoms with E-state index in [2.05, 4.69) is 12.2 Å². The molecule has 6 nitrogen and oxygen atoms in total. The second-order valence-electron chi connectivity index (χ2n) is 4.20. The minimum absolute atomic E-state index is 0.0919. The number of nitrogens with one attached hydrogen (secondary N) is 1. The van der Waals surface area contributed by atoms with E-state index in [0.717, 1.165) is 25.7 Å². The summed E-state index contributed by atoms with van der Waals surface area (Å²) in [5.41, 5.74) is 0. The summed E-state index contributed by atoms with van der Waals surface area (Å²) in [6.07, 6.45) is 3.71. The van der Waals surface area contributed by atoms with E-state index in [0.29, 0.717) is 0 Å². The van der Waals surface area contributed by atoms with Gasteiger partial charge >= 0.3 is 11.9 Å². The highest BCUT2D eigenvalue weighted by atomic mass is 16.4. The Morgan fingerprint density at radius 1 is 1.06 bits per heavy atom. The van der Waals surface area contributed by atoms with E-state index < -0.39 is 18.0 Å². The Balaban J connectivity index is 3.96. The summed E-state index contributed by atoms with van der Waals surface area (Å²) in [5, 5.41) is 19.7. The minimum Gasteiger partial charge on any atom is -0.481 e. The van der Waals surface area contributed by atoms with Gasteiger partial charge < -0.3 is 15.5 Å². The lowest BCUT2D eigenvalue weighted by molar-refractivity contribution is -0.143. The minimum atomic E-state index is -1.20. The molecule has 0 spiro atoms. The summed E-state index contributed by atoms with van der Waals surface area (Å²) >= 11 is 0. The van der Waals surface area contributed by atoms with Crippen LogP contribution in [0, 0.1) is 0 Å². The first-order valence-electron chi connectivity index (χ1n) is 6.21. The van der Waals surface area contributed by atoms with Gasteiger partial charge in [0.15, 0.2) is 0 Å². The SMILES string of the molecule is CCCCCCC(=O)NC(CCC(=O)O)C(=O)O. The Bertz CT molecular complexity index is 290. The molecular weight excluding hydrogens is 238 g/mol. The number of carbonyl (C=O) groups is 3. The van der Waals surface area contributed by atoms with Crippen LogP contribution in [0.15, 0.2) is 0 Å². The van der Waals surface area contributed by atoms with E-state index in [4.69, 9.17) is 10.2 Å². The van der Waals surface area contributed by atoms with Gasteiger partial charge in [0.05, 0.1) is 0 Å². The van der Waals surface area contributed by atoms with Crippen molar-refractivity contribution < 1.29 is 24.6 Å². The van der Waals surface area contributed by atoms with Crippen LogP contribution in [0.3, 0.4) is 0 Å². The van der Waals surface area contributed by atoms with Crippen molar-refractivity contribution in [2.75, 3.05) is 0 Å². The molecule has 0 saturated carbocycles. The monoisotopic (exact) mass is 259 g/mol. The van der Waals surface area contributed by atoms with E-state index in [1.807, 2.05) is 0 Å². The van der Waals surface area contributed by atoms with E-state index >= 15 is 0 Å². The maximum Gasteiger partial charge on any atom is 0.326 e. The molecule has 1 amide bonds. The predicted molar refractivity (Wildman–Crippen MR) is 65.2 cm³/mol. The van der Waals surface area contributed by atoms with Gasteiger partial charge in [0.1, 0.15) is 6.04 Å². The van der Waals surface area contributed by atoms with Crippen molar-refractivity contribution in [3.05, 3.63) is 0 Å². The Morgan fingerprint density at radius 3 is 2.22 bits per heavy atom. The van der Waals surface area contributed by atoms with Crippen molar-refractivity contribution in [2.24, 2.45) is 0 Å². The summed E-state index contributed by atoms with van der Waals surface area (Å²) in [7, 11) is 0. The quantitative estimate of drug-likeness (QED) is 0.514. The van der Waals surface area contributed by atoms with E-state index in [1.165, 1.54) is 0 Å². The molecule has 0 saturated heterocycles. The van der Waals surface area contributed by atoms with E-state index in [9.17, 15) is 14.4 Å². The first-order valence-corrected chi connectivity index (χ1v) is 6.21. The molecule has 18 heavy (non-hydrogen) atoms. The fourth-order valence-electron chi connectivity index (χ4n) is 1.50. The van der Waals surface area contributed by atoms with Crippen LogP contribution in [0.2, 0.25) is 0 Å². The number of rotatable bonds is 10. The van der Waals surface area contributed by atoms with Gasteiger partial charge in [-0.05, 0) is 12.8 Å². The summed E-state index contributed by atoms with van der Waals surface area (Å²) < 4.78 is 0. The zero-order valence-corrected chi connectivity index (χ0v) is 10.6. The maximum absolute atomic E-state index is 11.4. The van der Waals surface area contributed by atoms with Crippen molar-refractivity contribution in [2.45, 2.75) is 57.9 Å². The fourth-order valence-corrected chi connectivity index (χ4v) is 1.50. The number of carbonyl (C=O) groups excluding carboxylic acids is 1. The first-order chi connectivity index (χ1) is 8.47. The number of aliphatic carboxylic acids is 2. The molecule has 0 fully saturated rings. The molecule has 0 aromatic rings. The third kappa shape index (κ3) is 8.55. The molecule has 1 unspecified atom stereocenters. The fraction of sp³-hybridized carbons (Fsp3) is 0.750. The molecule has 0 aliphatic heterocycles. The number of carboxylic acid groups (broad SMARTS) is 2. The van der Waals surface area contributed by atoms with Gasteiger partial charge in [-0.15, -0.1) is 0 Å². The average molecular weight is 259 g/mol. The average Bonchev–Trinajstić information content (AvgIpc) is 2.29. The molecule has 0 aromatic heterocycles. The van der Waals surface area contributed by atoms with Crippen LogP contribution in [0.5, 0.6) is 0 Å². The van der Waals surface area contributed by atoms with Crippen LogP contribution in [-0.2, 0) is 14.4 Å². The summed E-state index contributed by atoms with van der Waals surface area (Å²) in [6.45, 7) is 2.06. The number of hydrogen-bond donors (Lipinski definition) is 3. The summed E-state index contributed by atoms with van der Waals surface area (Å²) in [4.78, 5) is 32.6. The van der Waals surface area contributed by atoms with Gasteiger partial charge in [0.2, 0.25) is 5.91 Å². The van der Waals surface area contributed by atoms with Gasteiger partial charge in [-0.25, -0.2) is 4.79 Å². The molecular formula is C12H21NO5. The first kappa shape index (κ1) is 16.4. The zero-order valence-electron chi connectivity index (χ0n) is 10.6. The molecule has 0 aliphatic carbocycles. The van der Waals surface area contributed by atoms with Gasteiger partial charge in [-0.1, -0.05) is 26.2 Å². The van der Waals surface area contributed by atoms with Gasteiger partial charge in [0, 0.05) is 12.8 Å². The smallest absolute Gasteiger partial charge is 0.326 e. The molecule has 104 valence electrons. The highest BCUT2D eigenvalue weighted by Gasteiger charge is 2.20. The highest BCUT2D eigenvalue weighted by molar-refractivity contribution is 5.83. The van der Waals surface area contributed by atoms with Crippen LogP contribution in [-0.4, -0.2) is 34.1 Å². The largest absolute Gasteiger partial charge is 0.481 e. The van der Waals surface area contributed by atoms with Gasteiger partial charge in [-0.2, -0.15) is 0 Å². The van der Waals surface area contributed by atoms with Crippen molar-refractivity contribution in [1.82, 2.24) is 5.32 Å². The molecule has 1 atom stereocenters. The predicted octanol–water partition coefficient (Wildman–Crippen LogP) is 1.39. The molecule has 6 heteroatoms. The standard InChI is InChI=1S/C12H21NO5/c1-2-3-4-5-6-10(14)13-9(12(17)18)7-8-11(15)16/h9H,2-8H2,1H3,(H,13,14)(H,15,16)(H,17,18). The van der Waals surface area contributed by atoms with E-state index in [-0.39, 0.29) is 25.2 Å². The van der Waals surface area contributed by atoms with Crippen LogP contribution in [0.1, 0.15) is 51.9 Å². The highest BCUT2D eigenvalue weighted by Crippen LogP contribution is 2.04. The summed E-state index contributed by atoms with van der Waals surface area (Å²) in [6, 6.07) is -1.11. The Labute approximate surface area is 106 Å². The second kappa shape index (κ2) is 9.44. The second-order valence-corrected chi connectivity index (χ2v) is 4.20. The van der Waals surface area contributed by atoms with Crippen molar-refractivity contribution in [1.29, 1.82) is 0 Å². The van der Waals surface area contributed by atoms with Crippen LogP contribution < -0.4 is 5.32 Å². The maximum atomic E-state index is 11.4. The third-order valence-electron chi connectivity index (χ3n) is 2.54. The molecule has 0 radical (unpaired) electrons. The number of unbranched alkanes of at least 4 members (excludes halogenated alkanes) is 3. The van der Waals surface area contributed by atoms with Crippen molar-refractivity contribution in [3.8, 4) is 0 Å². The normalized spacial score (nSPS) is 11.8. The molecule has 0 heterocycles. The lowest BCUT2D eigenvalue weighted by Crippen LogP contribution is -2.41. The topological polar surface area (TPSA) is 104 Å². The van der Waals surface area contributed by atoms with Crippen molar-refractivity contribution in [3.63, 3.8) is 0 Å². The van der Waals surface area contributed by atoms with Crippen LogP contribution >= 0.6 is 0 Å². The lowest BCUT2D eigenvalue weighted by Gasteiger charge is -2.13. The number of amides is 1. The third-order valence-corrected chi connectivity index (χ3v) is 2.54. The molecule has 0 aromatic carbocycles. The Morgan fingerprint density at radius 2 is 1.72 bits per heavy atom. The molecule has 3 N–H and O–H groups in total. The van der Waals surface area contributed by atoms with E-state index in [1.54, 1.807) is 0 Å². The molecule has 0 bridgehead atoms. The molecule has 0 aliphatic rings.